The summed E-state index contributed by atoms with van der Waals surface area (Å²) < 4.78 is 0. The van der Waals surface area contributed by atoms with Gasteiger partial charge in [-0.25, -0.2) is 0 Å². The Labute approximate surface area is 130 Å². The molecule has 6 atom stereocenters. The van der Waals surface area contributed by atoms with Crippen LogP contribution in [0.2, 0.25) is 0 Å². The minimum Gasteiger partial charge on any atom is -0.389 e. The molecule has 0 aromatic heterocycles. The smallest absolute Gasteiger partial charge is 0.0701 e. The molecule has 118 valence electrons. The van der Waals surface area contributed by atoms with Gasteiger partial charge >= 0.3 is 0 Å². The number of fused-ring (bicyclic) bond motifs is 5. The van der Waals surface area contributed by atoms with E-state index in [1.807, 2.05) is 5.57 Å². The van der Waals surface area contributed by atoms with Crippen LogP contribution in [0.3, 0.4) is 0 Å². The maximum Gasteiger partial charge on any atom is 0.0701 e. The minimum atomic E-state index is -0.376. The van der Waals surface area contributed by atoms with Crippen LogP contribution in [-0.2, 0) is 0 Å². The maximum absolute atomic E-state index is 11.2. The van der Waals surface area contributed by atoms with Crippen LogP contribution in [0.1, 0.15) is 78.1 Å². The first kappa shape index (κ1) is 14.3. The van der Waals surface area contributed by atoms with E-state index in [0.29, 0.717) is 0 Å². The molecule has 4 aliphatic rings. The maximum atomic E-state index is 11.2. The van der Waals surface area contributed by atoms with Gasteiger partial charge in [0.05, 0.1) is 5.60 Å². The molecular formula is C20H32O. The van der Waals surface area contributed by atoms with Gasteiger partial charge in [0.25, 0.3) is 0 Å². The highest BCUT2D eigenvalue weighted by Gasteiger charge is 2.61. The molecule has 0 aliphatic heterocycles. The van der Waals surface area contributed by atoms with Crippen molar-refractivity contribution in [2.45, 2.75) is 83.7 Å². The highest BCUT2D eigenvalue weighted by Crippen LogP contribution is 2.65. The summed E-state index contributed by atoms with van der Waals surface area (Å²) in [5, 5.41) is 11.2. The Morgan fingerprint density at radius 1 is 1.14 bits per heavy atom. The molecule has 1 heteroatoms. The zero-order valence-corrected chi connectivity index (χ0v) is 13.9. The fraction of sp³-hybridized carbons (Fsp3) is 0.900. The van der Waals surface area contributed by atoms with Crippen molar-refractivity contribution in [3.05, 3.63) is 11.6 Å². The van der Waals surface area contributed by atoms with E-state index in [9.17, 15) is 5.11 Å². The van der Waals surface area contributed by atoms with E-state index >= 15 is 0 Å². The summed E-state index contributed by atoms with van der Waals surface area (Å²) in [7, 11) is 0. The summed E-state index contributed by atoms with van der Waals surface area (Å²) >= 11 is 0. The first-order valence-electron chi connectivity index (χ1n) is 9.50. The first-order chi connectivity index (χ1) is 10.1. The molecule has 21 heavy (non-hydrogen) atoms. The van der Waals surface area contributed by atoms with Gasteiger partial charge in [-0.05, 0) is 86.9 Å². The molecule has 0 saturated heterocycles. The highest BCUT2D eigenvalue weighted by atomic mass is 16.3. The van der Waals surface area contributed by atoms with Crippen molar-refractivity contribution in [2.24, 2.45) is 29.1 Å². The third-order valence-corrected chi connectivity index (χ3v) is 8.27. The predicted molar refractivity (Wildman–Crippen MR) is 86.9 cm³/mol. The number of hydrogen-bond donors (Lipinski definition) is 1. The van der Waals surface area contributed by atoms with Gasteiger partial charge in [-0.1, -0.05) is 31.9 Å². The third kappa shape index (κ3) is 1.85. The number of aliphatic hydroxyl groups is 1. The third-order valence-electron chi connectivity index (χ3n) is 8.27. The molecule has 0 aromatic rings. The van der Waals surface area contributed by atoms with Crippen LogP contribution >= 0.6 is 0 Å². The molecule has 0 radical (unpaired) electrons. The van der Waals surface area contributed by atoms with Crippen molar-refractivity contribution in [3.8, 4) is 0 Å². The molecule has 4 aliphatic carbocycles. The molecule has 4 unspecified atom stereocenters. The summed E-state index contributed by atoms with van der Waals surface area (Å²) in [4.78, 5) is 0. The topological polar surface area (TPSA) is 20.2 Å². The lowest BCUT2D eigenvalue weighted by molar-refractivity contribution is -0.116. The fourth-order valence-corrected chi connectivity index (χ4v) is 6.94. The molecule has 0 bridgehead atoms. The Morgan fingerprint density at radius 3 is 2.81 bits per heavy atom. The predicted octanol–water partition coefficient (Wildman–Crippen LogP) is 5.09. The molecule has 3 saturated carbocycles. The van der Waals surface area contributed by atoms with Crippen molar-refractivity contribution in [1.82, 2.24) is 0 Å². The average Bonchev–Trinajstić information content (AvgIpc) is 2.79. The van der Waals surface area contributed by atoms with Crippen LogP contribution in [0.4, 0.5) is 0 Å². The van der Waals surface area contributed by atoms with Gasteiger partial charge in [0.2, 0.25) is 0 Å². The van der Waals surface area contributed by atoms with E-state index in [0.717, 1.165) is 36.5 Å². The Balaban J connectivity index is 1.65. The van der Waals surface area contributed by atoms with Gasteiger partial charge in [0.1, 0.15) is 0 Å². The summed E-state index contributed by atoms with van der Waals surface area (Å²) in [6.07, 6.45) is 15.6. The van der Waals surface area contributed by atoms with E-state index in [1.165, 1.54) is 51.4 Å². The molecule has 1 N–H and O–H groups in total. The Hall–Kier alpha value is -0.300. The molecule has 4 rings (SSSR count). The van der Waals surface area contributed by atoms with Crippen molar-refractivity contribution >= 4 is 0 Å². The quantitative estimate of drug-likeness (QED) is 0.666. The van der Waals surface area contributed by atoms with Crippen LogP contribution < -0.4 is 0 Å². The monoisotopic (exact) mass is 288 g/mol. The van der Waals surface area contributed by atoms with Gasteiger partial charge in [-0.2, -0.15) is 0 Å². The minimum absolute atomic E-state index is 0.197. The summed E-state index contributed by atoms with van der Waals surface area (Å²) in [5.41, 5.74) is 1.64. The number of allylic oxidation sites excluding steroid dienone is 2. The molecule has 0 spiro atoms. The molecule has 0 heterocycles. The SMILES string of the molecule is CC[C@]1(O)CCC2C3CC=C4CCCCC4C3CC[C@@]21C. The number of hydrogen-bond acceptors (Lipinski definition) is 1. The van der Waals surface area contributed by atoms with Crippen molar-refractivity contribution in [3.63, 3.8) is 0 Å². The van der Waals surface area contributed by atoms with E-state index in [1.54, 1.807) is 0 Å². The second-order valence-corrected chi connectivity index (χ2v) is 8.68. The van der Waals surface area contributed by atoms with E-state index in [4.69, 9.17) is 0 Å². The molecule has 1 nitrogen and oxygen atoms in total. The lowest BCUT2D eigenvalue weighted by Crippen LogP contribution is -2.52. The van der Waals surface area contributed by atoms with Crippen molar-refractivity contribution < 1.29 is 5.11 Å². The Kier molecular flexibility index (Phi) is 3.30. The van der Waals surface area contributed by atoms with Gasteiger partial charge in [0, 0.05) is 0 Å². The molecule has 0 aromatic carbocycles. The second-order valence-electron chi connectivity index (χ2n) is 8.68. The van der Waals surface area contributed by atoms with E-state index in [2.05, 4.69) is 19.9 Å². The van der Waals surface area contributed by atoms with Crippen LogP contribution in [0, 0.1) is 29.1 Å². The summed E-state index contributed by atoms with van der Waals surface area (Å²) in [6, 6.07) is 0. The lowest BCUT2D eigenvalue weighted by Gasteiger charge is -2.55. The molecule has 3 fully saturated rings. The van der Waals surface area contributed by atoms with Crippen LogP contribution in [0.15, 0.2) is 11.6 Å². The fourth-order valence-electron chi connectivity index (χ4n) is 6.94. The van der Waals surface area contributed by atoms with Crippen LogP contribution in [0.5, 0.6) is 0 Å². The Morgan fingerprint density at radius 2 is 2.00 bits per heavy atom. The summed E-state index contributed by atoms with van der Waals surface area (Å²) in [6.45, 7) is 4.62. The molecular weight excluding hydrogens is 256 g/mol. The second kappa shape index (κ2) is 4.85. The number of rotatable bonds is 1. The van der Waals surface area contributed by atoms with E-state index < -0.39 is 0 Å². The zero-order valence-electron chi connectivity index (χ0n) is 13.9. The first-order valence-corrected chi connectivity index (χ1v) is 9.50. The van der Waals surface area contributed by atoms with Gasteiger partial charge in [-0.3, -0.25) is 0 Å². The zero-order chi connectivity index (χ0) is 14.7. The largest absolute Gasteiger partial charge is 0.389 e. The Bertz CT molecular complexity index is 453. The highest BCUT2D eigenvalue weighted by molar-refractivity contribution is 5.20. The van der Waals surface area contributed by atoms with Crippen molar-refractivity contribution in [1.29, 1.82) is 0 Å². The van der Waals surface area contributed by atoms with Gasteiger partial charge in [-0.15, -0.1) is 0 Å². The summed E-state index contributed by atoms with van der Waals surface area (Å²) in [5.74, 6) is 3.51. The molecule has 0 amide bonds. The average molecular weight is 288 g/mol. The van der Waals surface area contributed by atoms with Gasteiger partial charge < -0.3 is 5.11 Å². The van der Waals surface area contributed by atoms with Crippen molar-refractivity contribution in [2.75, 3.05) is 0 Å². The van der Waals surface area contributed by atoms with Crippen LogP contribution in [-0.4, -0.2) is 10.7 Å². The van der Waals surface area contributed by atoms with Gasteiger partial charge in [0.15, 0.2) is 0 Å². The standard InChI is InChI=1S/C20H32O/c1-3-20(21)13-11-18-17-9-8-14-6-4-5-7-15(14)16(17)10-12-19(18,20)2/h8,15-18,21H,3-7,9-13H2,1-2H3/t15?,16?,17?,18?,19-,20-/m0/s1. The van der Waals surface area contributed by atoms with E-state index in [-0.39, 0.29) is 11.0 Å². The van der Waals surface area contributed by atoms with Crippen LogP contribution in [0.25, 0.3) is 0 Å². The lowest BCUT2D eigenvalue weighted by atomic mass is 9.51. The normalized spacial score (nSPS) is 52.6.